The van der Waals surface area contributed by atoms with Crippen LogP contribution in [0.1, 0.15) is 31.9 Å². The number of hydrogen-bond acceptors (Lipinski definition) is 2. The van der Waals surface area contributed by atoms with E-state index in [0.29, 0.717) is 25.3 Å². The number of alkyl halides is 1. The zero-order valence-corrected chi connectivity index (χ0v) is 11.1. The van der Waals surface area contributed by atoms with E-state index in [1.54, 1.807) is 6.26 Å². The molecule has 1 aromatic heterocycles. The zero-order valence-electron chi connectivity index (χ0n) is 10.3. The summed E-state index contributed by atoms with van der Waals surface area (Å²) < 4.78 is 5.21. The lowest BCUT2D eigenvalue weighted by atomic mass is 10.2. The Morgan fingerprint density at radius 2 is 2.29 bits per heavy atom. The summed E-state index contributed by atoms with van der Waals surface area (Å²) in [5.41, 5.74) is 0. The molecule has 96 valence electrons. The second-order valence-corrected chi connectivity index (χ2v) is 4.38. The summed E-state index contributed by atoms with van der Waals surface area (Å²) in [6, 6.07) is 3.73. The lowest BCUT2D eigenvalue weighted by Crippen LogP contribution is -2.33. The van der Waals surface area contributed by atoms with Crippen LogP contribution in [0.5, 0.6) is 0 Å². The van der Waals surface area contributed by atoms with Crippen LogP contribution in [0.2, 0.25) is 0 Å². The van der Waals surface area contributed by atoms with Gasteiger partial charge in [0.1, 0.15) is 5.76 Å². The molecule has 0 aliphatic heterocycles. The van der Waals surface area contributed by atoms with E-state index in [0.717, 1.165) is 25.1 Å². The number of halogens is 1. The maximum absolute atomic E-state index is 12.0. The van der Waals surface area contributed by atoms with Gasteiger partial charge in [-0.05, 0) is 18.6 Å². The van der Waals surface area contributed by atoms with Crippen LogP contribution in [0.3, 0.4) is 0 Å². The first-order chi connectivity index (χ1) is 8.27. The lowest BCUT2D eigenvalue weighted by Gasteiger charge is -2.21. The fourth-order valence-electron chi connectivity index (χ4n) is 1.66. The van der Waals surface area contributed by atoms with Crippen molar-refractivity contribution < 1.29 is 9.21 Å². The minimum atomic E-state index is 0.163. The first-order valence-electron chi connectivity index (χ1n) is 6.14. The summed E-state index contributed by atoms with van der Waals surface area (Å²) in [5.74, 6) is 1.52. The molecule has 0 bridgehead atoms. The molecule has 4 heteroatoms. The molecule has 1 aromatic rings. The Bertz CT molecular complexity index is 311. The van der Waals surface area contributed by atoms with Gasteiger partial charge >= 0.3 is 0 Å². The van der Waals surface area contributed by atoms with Crippen molar-refractivity contribution in [2.45, 2.75) is 32.6 Å². The molecule has 0 N–H and O–H groups in total. The lowest BCUT2D eigenvalue weighted by molar-refractivity contribution is -0.131. The van der Waals surface area contributed by atoms with Crippen molar-refractivity contribution in [1.82, 2.24) is 4.90 Å². The van der Waals surface area contributed by atoms with Gasteiger partial charge in [0, 0.05) is 31.8 Å². The number of amides is 1. The Labute approximate surface area is 108 Å². The van der Waals surface area contributed by atoms with Crippen molar-refractivity contribution >= 4 is 17.5 Å². The van der Waals surface area contributed by atoms with Gasteiger partial charge in [-0.15, -0.1) is 11.6 Å². The van der Waals surface area contributed by atoms with Crippen LogP contribution in [0.15, 0.2) is 22.8 Å². The summed E-state index contributed by atoms with van der Waals surface area (Å²) in [4.78, 5) is 13.8. The molecule has 17 heavy (non-hydrogen) atoms. The van der Waals surface area contributed by atoms with Gasteiger partial charge in [-0.3, -0.25) is 4.79 Å². The third kappa shape index (κ3) is 5.26. The van der Waals surface area contributed by atoms with E-state index in [-0.39, 0.29) is 5.91 Å². The molecule has 1 heterocycles. The van der Waals surface area contributed by atoms with Crippen molar-refractivity contribution in [2.24, 2.45) is 0 Å². The van der Waals surface area contributed by atoms with Crippen molar-refractivity contribution in [3.63, 3.8) is 0 Å². The van der Waals surface area contributed by atoms with Gasteiger partial charge < -0.3 is 9.32 Å². The summed E-state index contributed by atoms with van der Waals surface area (Å²) in [5, 5.41) is 0. The molecule has 0 aliphatic rings. The highest BCUT2D eigenvalue weighted by atomic mass is 35.5. The third-order valence-electron chi connectivity index (χ3n) is 2.65. The van der Waals surface area contributed by atoms with E-state index in [1.165, 1.54) is 0 Å². The van der Waals surface area contributed by atoms with Crippen molar-refractivity contribution in [2.75, 3.05) is 19.0 Å². The summed E-state index contributed by atoms with van der Waals surface area (Å²) in [6.45, 7) is 3.56. The maximum atomic E-state index is 12.0. The molecule has 0 radical (unpaired) electrons. The molecule has 0 saturated carbocycles. The molecule has 1 rings (SSSR count). The number of carbonyl (C=O) groups is 1. The molecular formula is C13H20ClNO2. The van der Waals surface area contributed by atoms with Crippen molar-refractivity contribution in [3.05, 3.63) is 24.2 Å². The Morgan fingerprint density at radius 3 is 2.88 bits per heavy atom. The Balaban J connectivity index is 2.35. The van der Waals surface area contributed by atoms with Crippen LogP contribution in [0.25, 0.3) is 0 Å². The van der Waals surface area contributed by atoms with Crippen LogP contribution in [-0.4, -0.2) is 29.8 Å². The topological polar surface area (TPSA) is 33.5 Å². The Kier molecular flexibility index (Phi) is 6.78. The predicted molar refractivity (Wildman–Crippen MR) is 69.2 cm³/mol. The fraction of sp³-hybridized carbons (Fsp3) is 0.615. The van der Waals surface area contributed by atoms with Gasteiger partial charge in [0.15, 0.2) is 0 Å². The molecular weight excluding hydrogens is 238 g/mol. The van der Waals surface area contributed by atoms with Crippen molar-refractivity contribution in [3.8, 4) is 0 Å². The van der Waals surface area contributed by atoms with Gasteiger partial charge in [-0.25, -0.2) is 0 Å². The molecule has 0 atom stereocenters. The highest BCUT2D eigenvalue weighted by Gasteiger charge is 2.12. The fourth-order valence-corrected chi connectivity index (χ4v) is 1.86. The van der Waals surface area contributed by atoms with Crippen LogP contribution < -0.4 is 0 Å². The van der Waals surface area contributed by atoms with Crippen molar-refractivity contribution in [1.29, 1.82) is 0 Å². The minimum absolute atomic E-state index is 0.163. The number of carbonyl (C=O) groups excluding carboxylic acids is 1. The number of hydrogen-bond donors (Lipinski definition) is 0. The summed E-state index contributed by atoms with van der Waals surface area (Å²) >= 11 is 5.71. The van der Waals surface area contributed by atoms with E-state index < -0.39 is 0 Å². The second kappa shape index (κ2) is 8.18. The van der Waals surface area contributed by atoms with Crippen LogP contribution in [-0.2, 0) is 11.2 Å². The number of aryl methyl sites for hydroxylation is 1. The largest absolute Gasteiger partial charge is 0.469 e. The highest BCUT2D eigenvalue weighted by molar-refractivity contribution is 6.18. The van der Waals surface area contributed by atoms with Crippen LogP contribution in [0.4, 0.5) is 0 Å². The molecule has 0 aromatic carbocycles. The monoisotopic (exact) mass is 257 g/mol. The first-order valence-corrected chi connectivity index (χ1v) is 6.67. The number of furan rings is 1. The number of unbranched alkanes of at least 4 members (excludes halogenated alkanes) is 1. The molecule has 0 unspecified atom stereocenters. The smallest absolute Gasteiger partial charge is 0.223 e. The van der Waals surface area contributed by atoms with Gasteiger partial charge in [0.05, 0.1) is 6.26 Å². The first kappa shape index (κ1) is 14.1. The van der Waals surface area contributed by atoms with Gasteiger partial charge in [0.25, 0.3) is 0 Å². The summed E-state index contributed by atoms with van der Waals surface area (Å²) in [6.07, 6.45) is 4.91. The maximum Gasteiger partial charge on any atom is 0.223 e. The molecule has 3 nitrogen and oxygen atoms in total. The predicted octanol–water partition coefficient (Wildman–Crippen LogP) is 3.08. The molecule has 0 fully saturated rings. The zero-order chi connectivity index (χ0) is 12.5. The van der Waals surface area contributed by atoms with Crippen LogP contribution >= 0.6 is 11.6 Å². The number of rotatable bonds is 8. The quantitative estimate of drug-likeness (QED) is 0.671. The Hall–Kier alpha value is -0.960. The van der Waals surface area contributed by atoms with Crippen LogP contribution in [0, 0.1) is 0 Å². The third-order valence-corrected chi connectivity index (χ3v) is 2.82. The molecule has 1 amide bonds. The highest BCUT2D eigenvalue weighted by Crippen LogP contribution is 2.06. The molecule has 0 saturated heterocycles. The van der Waals surface area contributed by atoms with E-state index in [1.807, 2.05) is 17.0 Å². The Morgan fingerprint density at radius 1 is 1.47 bits per heavy atom. The van der Waals surface area contributed by atoms with E-state index in [9.17, 15) is 4.79 Å². The number of nitrogens with zero attached hydrogens (tertiary/aromatic N) is 1. The molecule has 0 spiro atoms. The second-order valence-electron chi connectivity index (χ2n) is 4.00. The van der Waals surface area contributed by atoms with E-state index in [4.69, 9.17) is 16.0 Å². The molecule has 0 aliphatic carbocycles. The normalized spacial score (nSPS) is 10.5. The SMILES string of the molecule is CCCCN(CCCl)C(=O)CCc1ccco1. The average molecular weight is 258 g/mol. The minimum Gasteiger partial charge on any atom is -0.469 e. The standard InChI is InChI=1S/C13H20ClNO2/c1-2-3-9-15(10-8-14)13(16)7-6-12-5-4-11-17-12/h4-5,11H,2-3,6-10H2,1H3. The van der Waals surface area contributed by atoms with E-state index >= 15 is 0 Å². The van der Waals surface area contributed by atoms with Gasteiger partial charge in [-0.1, -0.05) is 13.3 Å². The van der Waals surface area contributed by atoms with Gasteiger partial charge in [-0.2, -0.15) is 0 Å². The summed E-state index contributed by atoms with van der Waals surface area (Å²) in [7, 11) is 0. The van der Waals surface area contributed by atoms with Gasteiger partial charge in [0.2, 0.25) is 5.91 Å². The average Bonchev–Trinajstić information content (AvgIpc) is 2.84. The van der Waals surface area contributed by atoms with E-state index in [2.05, 4.69) is 6.92 Å².